The third-order valence-corrected chi connectivity index (χ3v) is 6.45. The van der Waals surface area contributed by atoms with Gasteiger partial charge in [-0.15, -0.1) is 0 Å². The van der Waals surface area contributed by atoms with Crippen LogP contribution in [0.1, 0.15) is 109 Å². The Balaban J connectivity index is 1.47. The summed E-state index contributed by atoms with van der Waals surface area (Å²) in [5, 5.41) is 2.18. The highest BCUT2D eigenvalue weighted by Gasteiger charge is 2.02. The topological polar surface area (TPSA) is 46.5 Å². The highest BCUT2D eigenvalue weighted by Crippen LogP contribution is 2.23. The van der Waals surface area contributed by atoms with Gasteiger partial charge in [0.05, 0.1) is 0 Å². The summed E-state index contributed by atoms with van der Waals surface area (Å²) < 4.78 is 24.4. The molecule has 1 unspecified atom stereocenters. The van der Waals surface area contributed by atoms with Crippen LogP contribution in [0.5, 0.6) is 5.75 Å². The molecule has 31 heavy (non-hydrogen) atoms. The molecule has 2 rings (SSSR count). The minimum Gasteiger partial charge on any atom is -0.380 e. The largest absolute Gasteiger partial charge is 0.380 e. The van der Waals surface area contributed by atoms with Crippen LogP contribution in [-0.4, -0.2) is 8.76 Å². The molecule has 0 radical (unpaired) electrons. The van der Waals surface area contributed by atoms with Gasteiger partial charge in [-0.25, -0.2) is 0 Å². The molecule has 2 aromatic rings. The third-order valence-electron chi connectivity index (χ3n) is 6.11. The standard InChI is InChI=1S/C27H42O3S/c1-2-3-4-5-6-7-8-9-10-11-12-13-14-15-16-17-24-18-19-26-23-27(30-31(28)29)21-20-25(26)22-24/h18-23H,2-17H2,1H3,(H,28,29). The molecular weight excluding hydrogens is 404 g/mol. The maximum absolute atomic E-state index is 10.8. The van der Waals surface area contributed by atoms with E-state index in [0.29, 0.717) is 5.75 Å². The van der Waals surface area contributed by atoms with Gasteiger partial charge < -0.3 is 4.18 Å². The lowest BCUT2D eigenvalue weighted by Crippen LogP contribution is -1.97. The first-order chi connectivity index (χ1) is 15.2. The van der Waals surface area contributed by atoms with Crippen LogP contribution >= 0.6 is 0 Å². The Labute approximate surface area is 192 Å². The molecule has 1 atom stereocenters. The fourth-order valence-electron chi connectivity index (χ4n) is 4.26. The summed E-state index contributed by atoms with van der Waals surface area (Å²) in [4.78, 5) is 0. The fraction of sp³-hybridized carbons (Fsp3) is 0.630. The lowest BCUT2D eigenvalue weighted by molar-refractivity contribution is 0.458. The van der Waals surface area contributed by atoms with Crippen molar-refractivity contribution < 1.29 is 12.9 Å². The lowest BCUT2D eigenvalue weighted by Gasteiger charge is -2.06. The van der Waals surface area contributed by atoms with Crippen molar-refractivity contribution in [3.63, 3.8) is 0 Å². The average molecular weight is 447 g/mol. The molecule has 174 valence electrons. The zero-order chi connectivity index (χ0) is 22.2. The monoisotopic (exact) mass is 446 g/mol. The van der Waals surface area contributed by atoms with Gasteiger partial charge in [-0.2, -0.15) is 4.21 Å². The highest BCUT2D eigenvalue weighted by molar-refractivity contribution is 7.74. The molecule has 3 nitrogen and oxygen atoms in total. The SMILES string of the molecule is CCCCCCCCCCCCCCCCCc1ccc2cc(OS(=O)O)ccc2c1. The van der Waals surface area contributed by atoms with E-state index in [1.807, 2.05) is 6.07 Å². The van der Waals surface area contributed by atoms with Crippen LogP contribution in [0, 0.1) is 0 Å². The van der Waals surface area contributed by atoms with Gasteiger partial charge >= 0.3 is 11.4 Å². The molecule has 0 bridgehead atoms. The Hall–Kier alpha value is -1.39. The summed E-state index contributed by atoms with van der Waals surface area (Å²) in [6, 6.07) is 12.0. The molecule has 0 aromatic heterocycles. The van der Waals surface area contributed by atoms with Crippen LogP contribution in [0.15, 0.2) is 36.4 Å². The van der Waals surface area contributed by atoms with Crippen LogP contribution < -0.4 is 4.18 Å². The summed E-state index contributed by atoms with van der Waals surface area (Å²) in [5.74, 6) is 0.420. The second kappa shape index (κ2) is 16.3. The Morgan fingerprint density at radius 2 is 1.16 bits per heavy atom. The minimum absolute atomic E-state index is 0.420. The smallest absolute Gasteiger partial charge is 0.357 e. The average Bonchev–Trinajstić information content (AvgIpc) is 2.76. The number of aryl methyl sites for hydroxylation is 1. The van der Waals surface area contributed by atoms with Crippen molar-refractivity contribution >= 4 is 22.1 Å². The predicted octanol–water partition coefficient (Wildman–Crippen LogP) is 8.77. The van der Waals surface area contributed by atoms with Gasteiger partial charge in [-0.3, -0.25) is 4.55 Å². The summed E-state index contributed by atoms with van der Waals surface area (Å²) in [5.41, 5.74) is 1.36. The van der Waals surface area contributed by atoms with Crippen molar-refractivity contribution in [3.8, 4) is 5.75 Å². The maximum Gasteiger partial charge on any atom is 0.357 e. The van der Waals surface area contributed by atoms with E-state index in [1.165, 1.54) is 102 Å². The maximum atomic E-state index is 10.8. The van der Waals surface area contributed by atoms with Gasteiger partial charge in [0.15, 0.2) is 0 Å². The first kappa shape index (κ1) is 25.9. The molecule has 0 aliphatic heterocycles. The van der Waals surface area contributed by atoms with E-state index < -0.39 is 11.4 Å². The van der Waals surface area contributed by atoms with Crippen LogP contribution in [0.25, 0.3) is 10.8 Å². The first-order valence-corrected chi connectivity index (χ1v) is 13.5. The van der Waals surface area contributed by atoms with Crippen molar-refractivity contribution in [2.24, 2.45) is 0 Å². The number of benzene rings is 2. The summed E-state index contributed by atoms with van der Waals surface area (Å²) in [6.45, 7) is 2.28. The predicted molar refractivity (Wildman–Crippen MR) is 134 cm³/mol. The molecule has 0 aliphatic rings. The summed E-state index contributed by atoms with van der Waals surface area (Å²) in [7, 11) is 0. The molecule has 0 saturated carbocycles. The lowest BCUT2D eigenvalue weighted by atomic mass is 10.0. The Morgan fingerprint density at radius 1 is 0.677 bits per heavy atom. The number of rotatable bonds is 18. The molecule has 0 aliphatic carbocycles. The van der Waals surface area contributed by atoms with Gasteiger partial charge in [0.25, 0.3) is 0 Å². The zero-order valence-corrected chi connectivity index (χ0v) is 20.3. The van der Waals surface area contributed by atoms with Crippen molar-refractivity contribution in [1.29, 1.82) is 0 Å². The van der Waals surface area contributed by atoms with E-state index in [0.717, 1.165) is 17.2 Å². The van der Waals surface area contributed by atoms with Crippen molar-refractivity contribution in [1.82, 2.24) is 0 Å². The van der Waals surface area contributed by atoms with Gasteiger partial charge in [0.2, 0.25) is 0 Å². The Morgan fingerprint density at radius 3 is 1.71 bits per heavy atom. The minimum atomic E-state index is -2.28. The van der Waals surface area contributed by atoms with Gasteiger partial charge in [0.1, 0.15) is 5.75 Å². The van der Waals surface area contributed by atoms with Crippen LogP contribution in [-0.2, 0) is 17.8 Å². The van der Waals surface area contributed by atoms with E-state index in [1.54, 1.807) is 12.1 Å². The Kier molecular flexibility index (Phi) is 13.6. The normalized spacial score (nSPS) is 12.3. The molecule has 0 amide bonds. The van der Waals surface area contributed by atoms with E-state index >= 15 is 0 Å². The summed E-state index contributed by atoms with van der Waals surface area (Å²) >= 11 is -2.28. The fourth-order valence-corrected chi connectivity index (χ4v) is 4.53. The van der Waals surface area contributed by atoms with E-state index in [-0.39, 0.29) is 0 Å². The molecule has 1 N–H and O–H groups in total. The molecule has 0 spiro atoms. The number of unbranched alkanes of at least 4 members (excludes halogenated alkanes) is 14. The quantitative estimate of drug-likeness (QED) is 0.184. The molecule has 0 heterocycles. The molecular formula is C27H42O3S. The third kappa shape index (κ3) is 11.7. The second-order valence-corrected chi connectivity index (χ2v) is 9.44. The van der Waals surface area contributed by atoms with Crippen molar-refractivity contribution in [3.05, 3.63) is 42.0 Å². The molecule has 2 aromatic carbocycles. The van der Waals surface area contributed by atoms with E-state index in [4.69, 9.17) is 8.74 Å². The first-order valence-electron chi connectivity index (χ1n) is 12.5. The molecule has 4 heteroatoms. The molecule has 0 saturated heterocycles. The van der Waals surface area contributed by atoms with Gasteiger partial charge in [-0.05, 0) is 41.3 Å². The van der Waals surface area contributed by atoms with Crippen LogP contribution in [0.4, 0.5) is 0 Å². The van der Waals surface area contributed by atoms with E-state index in [9.17, 15) is 4.21 Å². The van der Waals surface area contributed by atoms with Gasteiger partial charge in [-0.1, -0.05) is 121 Å². The number of hydrogen-bond donors (Lipinski definition) is 1. The van der Waals surface area contributed by atoms with E-state index in [2.05, 4.69) is 25.1 Å². The van der Waals surface area contributed by atoms with Gasteiger partial charge in [0, 0.05) is 0 Å². The number of fused-ring (bicyclic) bond motifs is 1. The van der Waals surface area contributed by atoms with Crippen molar-refractivity contribution in [2.45, 2.75) is 110 Å². The highest BCUT2D eigenvalue weighted by atomic mass is 32.2. The Bertz CT molecular complexity index is 759. The van der Waals surface area contributed by atoms with Crippen LogP contribution in [0.2, 0.25) is 0 Å². The number of hydrogen-bond acceptors (Lipinski definition) is 2. The second-order valence-electron chi connectivity index (χ2n) is 8.84. The zero-order valence-electron chi connectivity index (χ0n) is 19.4. The molecule has 0 fully saturated rings. The summed E-state index contributed by atoms with van der Waals surface area (Å²) in [6.07, 6.45) is 22.0. The van der Waals surface area contributed by atoms with Crippen molar-refractivity contribution in [2.75, 3.05) is 0 Å². The van der Waals surface area contributed by atoms with Crippen LogP contribution in [0.3, 0.4) is 0 Å².